The number of phenolic OH excluding ortho intramolecular Hbond substituents is 1. The topological polar surface area (TPSA) is 60.8 Å². The Bertz CT molecular complexity index is 724. The van der Waals surface area contributed by atoms with Crippen LogP contribution in [0.5, 0.6) is 5.75 Å². The second-order valence-electron chi connectivity index (χ2n) is 5.68. The van der Waals surface area contributed by atoms with Gasteiger partial charge in [-0.05, 0) is 35.3 Å². The Morgan fingerprint density at radius 2 is 1.87 bits per heavy atom. The fourth-order valence-corrected chi connectivity index (χ4v) is 3.04. The van der Waals surface area contributed by atoms with Gasteiger partial charge in [0.1, 0.15) is 11.8 Å². The van der Waals surface area contributed by atoms with Crippen molar-refractivity contribution in [1.29, 1.82) is 0 Å². The van der Waals surface area contributed by atoms with Gasteiger partial charge in [-0.1, -0.05) is 48.5 Å². The van der Waals surface area contributed by atoms with Gasteiger partial charge in [-0.3, -0.25) is 9.69 Å². The van der Waals surface area contributed by atoms with Crippen molar-refractivity contribution in [3.05, 3.63) is 71.8 Å². The number of carbonyl (C=O) groups is 1. The molecule has 0 radical (unpaired) electrons. The summed E-state index contributed by atoms with van der Waals surface area (Å²) in [7, 11) is 0. The van der Waals surface area contributed by atoms with Crippen molar-refractivity contribution in [1.82, 2.24) is 4.90 Å². The van der Waals surface area contributed by atoms with Gasteiger partial charge in [0, 0.05) is 13.1 Å². The highest BCUT2D eigenvalue weighted by molar-refractivity contribution is 5.76. The van der Waals surface area contributed by atoms with Crippen molar-refractivity contribution in [2.45, 2.75) is 12.5 Å². The second-order valence-corrected chi connectivity index (χ2v) is 5.68. The third-order valence-corrected chi connectivity index (χ3v) is 4.17. The average molecular weight is 309 g/mol. The summed E-state index contributed by atoms with van der Waals surface area (Å²) in [4.78, 5) is 13.6. The Kier molecular flexibility index (Phi) is 4.44. The van der Waals surface area contributed by atoms with Gasteiger partial charge in [-0.25, -0.2) is 0 Å². The fraction of sp³-hybridized carbons (Fsp3) is 0.211. The monoisotopic (exact) mass is 309 g/mol. The highest BCUT2D eigenvalue weighted by Gasteiger charge is 2.28. The van der Waals surface area contributed by atoms with Crippen molar-refractivity contribution < 1.29 is 15.0 Å². The van der Waals surface area contributed by atoms with Gasteiger partial charge in [0.05, 0.1) is 0 Å². The van der Waals surface area contributed by atoms with Crippen LogP contribution in [0.25, 0.3) is 5.57 Å². The molecule has 0 saturated carbocycles. The van der Waals surface area contributed by atoms with Gasteiger partial charge in [0.15, 0.2) is 0 Å². The van der Waals surface area contributed by atoms with Gasteiger partial charge in [0.2, 0.25) is 0 Å². The summed E-state index contributed by atoms with van der Waals surface area (Å²) in [5.74, 6) is -0.807. The van der Waals surface area contributed by atoms with Gasteiger partial charge in [0.25, 0.3) is 0 Å². The molecule has 4 heteroatoms. The zero-order valence-electron chi connectivity index (χ0n) is 12.7. The molecule has 0 aliphatic carbocycles. The van der Waals surface area contributed by atoms with E-state index in [1.54, 1.807) is 18.2 Å². The fourth-order valence-electron chi connectivity index (χ4n) is 3.04. The van der Waals surface area contributed by atoms with Gasteiger partial charge in [-0.15, -0.1) is 0 Å². The number of phenols is 1. The number of carboxylic acid groups (broad SMARTS) is 1. The van der Waals surface area contributed by atoms with E-state index in [1.807, 2.05) is 23.1 Å². The maximum Gasteiger partial charge on any atom is 0.325 e. The summed E-state index contributed by atoms with van der Waals surface area (Å²) in [6.45, 7) is 1.25. The molecule has 0 unspecified atom stereocenters. The number of hydrogen-bond donors (Lipinski definition) is 2. The Labute approximate surface area is 135 Å². The molecule has 1 heterocycles. The third-order valence-electron chi connectivity index (χ3n) is 4.17. The molecule has 1 aliphatic heterocycles. The van der Waals surface area contributed by atoms with Crippen molar-refractivity contribution in [3.8, 4) is 5.75 Å². The minimum atomic E-state index is -0.896. The predicted molar refractivity (Wildman–Crippen MR) is 89.1 cm³/mol. The zero-order valence-corrected chi connectivity index (χ0v) is 12.7. The van der Waals surface area contributed by atoms with Crippen molar-refractivity contribution in [2.75, 3.05) is 13.1 Å². The largest absolute Gasteiger partial charge is 0.508 e. The van der Waals surface area contributed by atoms with Crippen LogP contribution in [-0.4, -0.2) is 34.2 Å². The highest BCUT2D eigenvalue weighted by Crippen LogP contribution is 2.29. The van der Waals surface area contributed by atoms with Crippen LogP contribution in [0.4, 0.5) is 0 Å². The SMILES string of the molecule is O=C(O)[C@@H](c1cccc(O)c1)N1CC=C(c2ccccc2)CC1. The molecule has 2 aromatic carbocycles. The molecule has 3 rings (SSSR count). The summed E-state index contributed by atoms with van der Waals surface area (Å²) in [6.07, 6.45) is 2.91. The first-order chi connectivity index (χ1) is 11.1. The minimum absolute atomic E-state index is 0.0891. The lowest BCUT2D eigenvalue weighted by Crippen LogP contribution is -2.37. The zero-order chi connectivity index (χ0) is 16.2. The van der Waals surface area contributed by atoms with Crippen LogP contribution in [0.2, 0.25) is 0 Å². The summed E-state index contributed by atoms with van der Waals surface area (Å²) >= 11 is 0. The molecule has 0 bridgehead atoms. The molecular formula is C19H19NO3. The molecule has 4 nitrogen and oxygen atoms in total. The maximum atomic E-state index is 11.7. The van der Waals surface area contributed by atoms with E-state index in [-0.39, 0.29) is 5.75 Å². The number of carboxylic acids is 1. The number of nitrogens with zero attached hydrogens (tertiary/aromatic N) is 1. The van der Waals surface area contributed by atoms with Crippen molar-refractivity contribution in [2.24, 2.45) is 0 Å². The number of benzene rings is 2. The Hall–Kier alpha value is -2.59. The van der Waals surface area contributed by atoms with Crippen LogP contribution >= 0.6 is 0 Å². The van der Waals surface area contributed by atoms with E-state index in [9.17, 15) is 15.0 Å². The van der Waals surface area contributed by atoms with Gasteiger partial charge < -0.3 is 10.2 Å². The van der Waals surface area contributed by atoms with E-state index < -0.39 is 12.0 Å². The van der Waals surface area contributed by atoms with Crippen molar-refractivity contribution >= 4 is 11.5 Å². The normalized spacial score (nSPS) is 16.6. The molecule has 0 spiro atoms. The Morgan fingerprint density at radius 1 is 1.09 bits per heavy atom. The highest BCUT2D eigenvalue weighted by atomic mass is 16.4. The lowest BCUT2D eigenvalue weighted by Gasteiger charge is -2.31. The van der Waals surface area contributed by atoms with Crippen LogP contribution in [0.1, 0.15) is 23.6 Å². The number of aromatic hydroxyl groups is 1. The lowest BCUT2D eigenvalue weighted by molar-refractivity contribution is -0.143. The molecule has 0 aromatic heterocycles. The second kappa shape index (κ2) is 6.67. The van der Waals surface area contributed by atoms with E-state index in [0.29, 0.717) is 18.7 Å². The lowest BCUT2D eigenvalue weighted by atomic mass is 9.97. The standard InChI is InChI=1S/C19H19NO3/c21-17-8-4-7-16(13-17)18(19(22)23)20-11-9-15(10-12-20)14-5-2-1-3-6-14/h1-9,13,18,21H,10-12H2,(H,22,23)/t18-/m1/s1. The summed E-state index contributed by atoms with van der Waals surface area (Å²) in [5.41, 5.74) is 3.05. The molecule has 1 aliphatic rings. The molecule has 2 aromatic rings. The third kappa shape index (κ3) is 3.43. The van der Waals surface area contributed by atoms with Gasteiger partial charge in [-0.2, -0.15) is 0 Å². The Balaban J connectivity index is 1.81. The van der Waals surface area contributed by atoms with Crippen LogP contribution in [0.3, 0.4) is 0 Å². The maximum absolute atomic E-state index is 11.7. The summed E-state index contributed by atoms with van der Waals surface area (Å²) in [6, 6.07) is 15.9. The number of rotatable bonds is 4. The molecule has 23 heavy (non-hydrogen) atoms. The first-order valence-corrected chi connectivity index (χ1v) is 7.65. The summed E-state index contributed by atoms with van der Waals surface area (Å²) in [5, 5.41) is 19.2. The molecule has 0 amide bonds. The molecule has 2 N–H and O–H groups in total. The van der Waals surface area contributed by atoms with E-state index in [1.165, 1.54) is 17.2 Å². The average Bonchev–Trinajstić information content (AvgIpc) is 2.56. The molecule has 1 atom stereocenters. The van der Waals surface area contributed by atoms with E-state index in [2.05, 4.69) is 18.2 Å². The Morgan fingerprint density at radius 3 is 2.48 bits per heavy atom. The van der Waals surface area contributed by atoms with Crippen LogP contribution in [-0.2, 0) is 4.79 Å². The van der Waals surface area contributed by atoms with Crippen LogP contribution in [0.15, 0.2) is 60.7 Å². The quantitative estimate of drug-likeness (QED) is 0.909. The molecule has 118 valence electrons. The minimum Gasteiger partial charge on any atom is -0.508 e. The number of hydrogen-bond acceptors (Lipinski definition) is 3. The van der Waals surface area contributed by atoms with Gasteiger partial charge >= 0.3 is 5.97 Å². The summed E-state index contributed by atoms with van der Waals surface area (Å²) < 4.78 is 0. The van der Waals surface area contributed by atoms with E-state index in [4.69, 9.17) is 0 Å². The first-order valence-electron chi connectivity index (χ1n) is 7.65. The van der Waals surface area contributed by atoms with E-state index >= 15 is 0 Å². The molecular weight excluding hydrogens is 290 g/mol. The van der Waals surface area contributed by atoms with E-state index in [0.717, 1.165) is 6.42 Å². The number of aliphatic carboxylic acids is 1. The predicted octanol–water partition coefficient (Wildman–Crippen LogP) is 3.31. The molecule has 0 saturated heterocycles. The van der Waals surface area contributed by atoms with Crippen LogP contribution in [0, 0.1) is 0 Å². The smallest absolute Gasteiger partial charge is 0.325 e. The molecule has 0 fully saturated rings. The first kappa shape index (κ1) is 15.3. The van der Waals surface area contributed by atoms with Crippen molar-refractivity contribution in [3.63, 3.8) is 0 Å². The van der Waals surface area contributed by atoms with Crippen LogP contribution < -0.4 is 0 Å².